The Kier molecular flexibility index (Phi) is 9.55. The van der Waals surface area contributed by atoms with Crippen LogP contribution in [0.25, 0.3) is 6.08 Å². The summed E-state index contributed by atoms with van der Waals surface area (Å²) < 4.78 is 22.5. The van der Waals surface area contributed by atoms with Crippen molar-refractivity contribution in [2.75, 3.05) is 34.6 Å². The highest BCUT2D eigenvalue weighted by atomic mass is 16.7. The third-order valence-corrected chi connectivity index (χ3v) is 9.37. The number of phenols is 3. The standard InChI is InChI=1S/C35H45N5O9/c1-16-10-19-11-21-23(13-36)40-22(27(39(21)7)25(19)32(31(16)47-9)48-15-46-8)12-20-26(30(43)29(42)17(2)28(20)41)24(40)14-37-33(44)18(3)38-34(45)49-35(4,5)6/h10,12,18,21,23-24,27,41-43H,11,14-15H2,1-9H3,(H,37,44)(H,38,45)/t18?,21-,23-,24-,27-/m0/s1. The lowest BCUT2D eigenvalue weighted by molar-refractivity contribution is -0.123. The number of nitrogens with one attached hydrogen (secondary N) is 2. The maximum absolute atomic E-state index is 13.4. The predicted molar refractivity (Wildman–Crippen MR) is 178 cm³/mol. The molecule has 5 rings (SSSR count). The van der Waals surface area contributed by atoms with E-state index in [4.69, 9.17) is 18.9 Å². The molecule has 1 unspecified atom stereocenters. The molecular weight excluding hydrogens is 634 g/mol. The molecule has 3 heterocycles. The van der Waals surface area contributed by atoms with E-state index in [1.54, 1.807) is 34.0 Å². The number of rotatable bonds is 8. The van der Waals surface area contributed by atoms with Crippen molar-refractivity contribution in [3.05, 3.63) is 45.1 Å². The summed E-state index contributed by atoms with van der Waals surface area (Å²) in [5.74, 6) is -0.759. The van der Waals surface area contributed by atoms with E-state index >= 15 is 0 Å². The van der Waals surface area contributed by atoms with Gasteiger partial charge in [0.2, 0.25) is 5.91 Å². The van der Waals surface area contributed by atoms with E-state index in [0.717, 1.165) is 16.7 Å². The molecule has 14 nitrogen and oxygen atoms in total. The second-order valence-corrected chi connectivity index (χ2v) is 13.7. The normalized spacial score (nSPS) is 21.6. The van der Waals surface area contributed by atoms with Crippen LogP contribution < -0.4 is 20.1 Å². The summed E-state index contributed by atoms with van der Waals surface area (Å²) in [5.41, 5.74) is 2.92. The molecule has 0 radical (unpaired) electrons. The van der Waals surface area contributed by atoms with Crippen molar-refractivity contribution in [1.82, 2.24) is 20.4 Å². The molecule has 2 aromatic carbocycles. The summed E-state index contributed by atoms with van der Waals surface area (Å²) in [6, 6.07) is 0.920. The van der Waals surface area contributed by atoms with Crippen LogP contribution >= 0.6 is 0 Å². The van der Waals surface area contributed by atoms with Gasteiger partial charge in [0.15, 0.2) is 29.8 Å². The van der Waals surface area contributed by atoms with Crippen molar-refractivity contribution in [2.24, 2.45) is 0 Å². The first kappa shape index (κ1) is 35.4. The number of aryl methyl sites for hydroxylation is 1. The molecule has 0 spiro atoms. The van der Waals surface area contributed by atoms with Crippen molar-refractivity contribution in [3.63, 3.8) is 0 Å². The van der Waals surface area contributed by atoms with Crippen LogP contribution in [0.5, 0.6) is 28.7 Å². The number of hydrogen-bond donors (Lipinski definition) is 5. The van der Waals surface area contributed by atoms with Gasteiger partial charge in [-0.2, -0.15) is 5.26 Å². The van der Waals surface area contributed by atoms with Crippen molar-refractivity contribution < 1.29 is 43.9 Å². The van der Waals surface area contributed by atoms with Crippen LogP contribution in [-0.2, 0) is 20.7 Å². The van der Waals surface area contributed by atoms with Gasteiger partial charge in [-0.25, -0.2) is 4.79 Å². The van der Waals surface area contributed by atoms with Crippen molar-refractivity contribution in [2.45, 2.75) is 83.8 Å². The van der Waals surface area contributed by atoms with Gasteiger partial charge in [0.25, 0.3) is 0 Å². The summed E-state index contributed by atoms with van der Waals surface area (Å²) in [6.45, 7) is 9.84. The molecule has 3 aliphatic rings. The predicted octanol–water partition coefficient (Wildman–Crippen LogP) is 3.64. The maximum Gasteiger partial charge on any atom is 0.408 e. The van der Waals surface area contributed by atoms with E-state index < -0.39 is 53.3 Å². The third-order valence-electron chi connectivity index (χ3n) is 9.37. The largest absolute Gasteiger partial charge is 0.507 e. The molecule has 0 saturated carbocycles. The number of hydrogen-bond acceptors (Lipinski definition) is 12. The van der Waals surface area contributed by atoms with Gasteiger partial charge in [-0.1, -0.05) is 6.07 Å². The number of ether oxygens (including phenoxy) is 4. The first-order valence-electron chi connectivity index (χ1n) is 16.0. The fraction of sp³-hybridized carbons (Fsp3) is 0.514. The Balaban J connectivity index is 1.65. The Bertz CT molecular complexity index is 1740. The smallest absolute Gasteiger partial charge is 0.408 e. The molecule has 1 saturated heterocycles. The number of carbonyl (C=O) groups excluding carboxylic acids is 2. The van der Waals surface area contributed by atoms with Crippen LogP contribution in [0, 0.1) is 25.2 Å². The highest BCUT2D eigenvalue weighted by Gasteiger charge is 2.53. The number of phenolic OH excluding ortho intramolecular Hbond substituents is 3. The summed E-state index contributed by atoms with van der Waals surface area (Å²) in [5, 5.41) is 49.7. The van der Waals surface area contributed by atoms with E-state index in [2.05, 4.69) is 21.6 Å². The molecule has 49 heavy (non-hydrogen) atoms. The Morgan fingerprint density at radius 1 is 1.10 bits per heavy atom. The van der Waals surface area contributed by atoms with Gasteiger partial charge in [-0.3, -0.25) is 9.69 Å². The van der Waals surface area contributed by atoms with E-state index in [-0.39, 0.29) is 41.8 Å². The van der Waals surface area contributed by atoms with Crippen LogP contribution in [0.15, 0.2) is 11.8 Å². The zero-order valence-electron chi connectivity index (χ0n) is 29.3. The lowest BCUT2D eigenvalue weighted by atomic mass is 9.75. The number of carbonyl (C=O) groups is 2. The number of alkyl carbamates (subject to hydrolysis) is 1. The molecular formula is C35H45N5O9. The maximum atomic E-state index is 13.4. The lowest BCUT2D eigenvalue weighted by Gasteiger charge is -2.57. The van der Waals surface area contributed by atoms with Crippen LogP contribution in [0.2, 0.25) is 0 Å². The molecule has 0 aromatic heterocycles. The molecule has 2 amide bonds. The fourth-order valence-corrected chi connectivity index (χ4v) is 7.20. The Morgan fingerprint density at radius 2 is 1.80 bits per heavy atom. The van der Waals surface area contributed by atoms with Crippen LogP contribution in [0.4, 0.5) is 4.79 Å². The number of benzene rings is 2. The number of nitrogens with zero attached hydrogens (tertiary/aromatic N) is 3. The first-order valence-corrected chi connectivity index (χ1v) is 16.0. The number of likely N-dealkylation sites (N-methyl/N-ethyl adjacent to an activating group) is 1. The van der Waals surface area contributed by atoms with Crippen molar-refractivity contribution in [1.29, 1.82) is 5.26 Å². The number of methoxy groups -OCH3 is 2. The molecule has 1 fully saturated rings. The minimum atomic E-state index is -0.997. The minimum absolute atomic E-state index is 0.0458. The summed E-state index contributed by atoms with van der Waals surface area (Å²) in [4.78, 5) is 29.7. The van der Waals surface area contributed by atoms with Gasteiger partial charge in [-0.05, 0) is 72.2 Å². The molecule has 264 valence electrons. The van der Waals surface area contributed by atoms with E-state index in [9.17, 15) is 30.2 Å². The zero-order chi connectivity index (χ0) is 36.1. The molecule has 5 atom stereocenters. The van der Waals surface area contributed by atoms with Crippen molar-refractivity contribution >= 4 is 18.1 Å². The summed E-state index contributed by atoms with van der Waals surface area (Å²) in [7, 11) is 5.00. The Hall–Kier alpha value is -4.87. The molecule has 0 aliphatic carbocycles. The number of fused-ring (bicyclic) bond motifs is 7. The van der Waals surface area contributed by atoms with Crippen LogP contribution in [0.3, 0.4) is 0 Å². The molecule has 3 aliphatic heterocycles. The summed E-state index contributed by atoms with van der Waals surface area (Å²) in [6.07, 6.45) is 1.42. The quantitative estimate of drug-likeness (QED) is 0.155. The molecule has 14 heteroatoms. The van der Waals surface area contributed by atoms with Gasteiger partial charge in [0.05, 0.1) is 25.3 Å². The SMILES string of the molecule is COCOc1c(OC)c(C)cc2c1[C@@H]1C3=Cc4c(O)c(C)c(O)c(O)c4[C@H](CNC(=O)C(C)NC(=O)OC(C)(C)C)N3[C@@H](C#N)[C@H](C2)N1C. The third kappa shape index (κ3) is 6.13. The highest BCUT2D eigenvalue weighted by molar-refractivity contribution is 5.85. The monoisotopic (exact) mass is 679 g/mol. The fourth-order valence-electron chi connectivity index (χ4n) is 7.20. The molecule has 2 aromatic rings. The number of nitriles is 1. The van der Waals surface area contributed by atoms with Gasteiger partial charge in [-0.15, -0.1) is 0 Å². The minimum Gasteiger partial charge on any atom is -0.507 e. The molecule has 5 N–H and O–H groups in total. The van der Waals surface area contributed by atoms with Crippen molar-refractivity contribution in [3.8, 4) is 34.8 Å². The second-order valence-electron chi connectivity index (χ2n) is 13.7. The van der Waals surface area contributed by atoms with E-state index in [1.165, 1.54) is 21.0 Å². The average Bonchev–Trinajstić information content (AvgIpc) is 3.03. The van der Waals surface area contributed by atoms with Gasteiger partial charge < -0.3 is 49.8 Å². The summed E-state index contributed by atoms with van der Waals surface area (Å²) >= 11 is 0. The first-order chi connectivity index (χ1) is 23.1. The van der Waals surface area contributed by atoms with E-state index in [0.29, 0.717) is 23.6 Å². The number of amides is 2. The Labute approximate surface area is 285 Å². The molecule has 2 bridgehead atoms. The Morgan fingerprint density at radius 3 is 2.41 bits per heavy atom. The topological polar surface area (TPSA) is 186 Å². The van der Waals surface area contributed by atoms with Gasteiger partial charge >= 0.3 is 6.09 Å². The number of aromatic hydroxyl groups is 3. The van der Waals surface area contributed by atoms with Gasteiger partial charge in [0.1, 0.15) is 23.4 Å². The average molecular weight is 680 g/mol. The van der Waals surface area contributed by atoms with Gasteiger partial charge in [0, 0.05) is 47.6 Å². The second kappa shape index (κ2) is 13.2. The number of piperazine rings is 1. The van der Waals surface area contributed by atoms with Crippen LogP contribution in [0.1, 0.15) is 73.2 Å². The lowest BCUT2D eigenvalue weighted by Crippen LogP contribution is -2.62. The van der Waals surface area contributed by atoms with E-state index in [1.807, 2.05) is 24.9 Å². The highest BCUT2D eigenvalue weighted by Crippen LogP contribution is 2.58. The van der Waals surface area contributed by atoms with Crippen LogP contribution in [-0.4, -0.2) is 95.5 Å². The zero-order valence-corrected chi connectivity index (χ0v) is 29.3.